The van der Waals surface area contributed by atoms with Crippen LogP contribution in [0.5, 0.6) is 0 Å². The summed E-state index contributed by atoms with van der Waals surface area (Å²) in [5.74, 6) is -0.830. The van der Waals surface area contributed by atoms with Gasteiger partial charge < -0.3 is 15.1 Å². The van der Waals surface area contributed by atoms with E-state index >= 15 is 0 Å². The summed E-state index contributed by atoms with van der Waals surface area (Å²) in [6, 6.07) is 12.0. The lowest BCUT2D eigenvalue weighted by Crippen LogP contribution is -2.35. The van der Waals surface area contributed by atoms with E-state index in [0.717, 1.165) is 22.3 Å². The van der Waals surface area contributed by atoms with E-state index in [9.17, 15) is 14.7 Å². The number of carboxylic acid groups (broad SMARTS) is 2. The average Bonchev–Trinajstić information content (AvgIpc) is 2.68. The maximum Gasteiger partial charge on any atom is 0.407 e. The third-order valence-electron chi connectivity index (χ3n) is 4.76. The first kappa shape index (κ1) is 18.6. The van der Waals surface area contributed by atoms with Gasteiger partial charge in [-0.1, -0.05) is 35.9 Å². The molecule has 140 valence electrons. The van der Waals surface area contributed by atoms with Crippen molar-refractivity contribution in [2.75, 3.05) is 13.1 Å². The molecule has 2 N–H and O–H groups in total. The molecule has 1 aromatic heterocycles. The van der Waals surface area contributed by atoms with Crippen LogP contribution in [0.1, 0.15) is 36.0 Å². The minimum absolute atomic E-state index is 0.0654. The van der Waals surface area contributed by atoms with Gasteiger partial charge in [0, 0.05) is 37.5 Å². The fourth-order valence-electron chi connectivity index (χ4n) is 3.41. The minimum atomic E-state index is -0.882. The second kappa shape index (κ2) is 8.49. The van der Waals surface area contributed by atoms with Gasteiger partial charge in [-0.3, -0.25) is 9.78 Å². The van der Waals surface area contributed by atoms with Gasteiger partial charge in [0.05, 0.1) is 0 Å². The van der Waals surface area contributed by atoms with Crippen molar-refractivity contribution in [3.63, 3.8) is 0 Å². The number of nitrogens with zero attached hydrogens (tertiary/aromatic N) is 2. The van der Waals surface area contributed by atoms with Gasteiger partial charge in [-0.2, -0.15) is 0 Å². The van der Waals surface area contributed by atoms with Crippen LogP contribution in [-0.2, 0) is 11.2 Å². The summed E-state index contributed by atoms with van der Waals surface area (Å²) in [5, 5.41) is 18.1. The van der Waals surface area contributed by atoms with E-state index in [4.69, 9.17) is 5.11 Å². The number of pyridine rings is 1. The summed E-state index contributed by atoms with van der Waals surface area (Å²) in [6.45, 7) is 0.959. The van der Waals surface area contributed by atoms with Gasteiger partial charge in [0.15, 0.2) is 0 Å². The van der Waals surface area contributed by atoms with Gasteiger partial charge >= 0.3 is 12.1 Å². The maximum atomic E-state index is 11.2. The lowest BCUT2D eigenvalue weighted by molar-refractivity contribution is -0.136. The normalized spacial score (nSPS) is 14.1. The van der Waals surface area contributed by atoms with E-state index in [-0.39, 0.29) is 6.42 Å². The monoisotopic (exact) mass is 366 g/mol. The molecule has 3 rings (SSSR count). The Morgan fingerprint density at radius 2 is 1.70 bits per heavy atom. The maximum absolute atomic E-state index is 11.2. The van der Waals surface area contributed by atoms with E-state index < -0.39 is 12.1 Å². The first-order valence-electron chi connectivity index (χ1n) is 8.96. The molecule has 0 unspecified atom stereocenters. The third kappa shape index (κ3) is 4.73. The van der Waals surface area contributed by atoms with Crippen LogP contribution in [0.3, 0.4) is 0 Å². The zero-order valence-electron chi connectivity index (χ0n) is 15.0. The number of hydrogen-bond acceptors (Lipinski definition) is 3. The summed E-state index contributed by atoms with van der Waals surface area (Å²) in [7, 11) is 0. The Kier molecular flexibility index (Phi) is 5.86. The number of benzene rings is 1. The van der Waals surface area contributed by atoms with E-state index in [0.29, 0.717) is 32.4 Å². The number of amides is 1. The highest BCUT2D eigenvalue weighted by molar-refractivity contribution is 5.82. The Morgan fingerprint density at radius 1 is 1.00 bits per heavy atom. The molecule has 6 heteroatoms. The molecule has 6 nitrogen and oxygen atoms in total. The van der Waals surface area contributed by atoms with Crippen LogP contribution in [0.2, 0.25) is 0 Å². The van der Waals surface area contributed by atoms with Crippen molar-refractivity contribution < 1.29 is 19.8 Å². The van der Waals surface area contributed by atoms with Crippen LogP contribution in [0.4, 0.5) is 4.79 Å². The molecule has 1 aliphatic rings. The van der Waals surface area contributed by atoms with E-state index in [1.807, 2.05) is 36.4 Å². The molecule has 1 aliphatic heterocycles. The van der Waals surface area contributed by atoms with Gasteiger partial charge in [0.25, 0.3) is 0 Å². The van der Waals surface area contributed by atoms with Crippen LogP contribution in [0.15, 0.2) is 54.4 Å². The van der Waals surface area contributed by atoms with E-state index in [1.165, 1.54) is 10.5 Å². The highest BCUT2D eigenvalue weighted by Gasteiger charge is 2.22. The number of piperidine rings is 1. The summed E-state index contributed by atoms with van der Waals surface area (Å²) >= 11 is 0. The standard InChI is InChI=1S/C21H22N2O4/c24-19(25)7-6-15-12-18(14-22-13-15)20(16-4-2-1-3-5-16)17-8-10-23(11-9-17)21(26)27/h1-5,12-14H,6-11H2,(H,24,25)(H,26,27). The molecule has 2 aromatic rings. The van der Waals surface area contributed by atoms with Crippen molar-refractivity contribution in [1.29, 1.82) is 0 Å². The molecular formula is C21H22N2O4. The topological polar surface area (TPSA) is 90.7 Å². The van der Waals surface area contributed by atoms with Crippen molar-refractivity contribution in [2.24, 2.45) is 0 Å². The van der Waals surface area contributed by atoms with Crippen LogP contribution in [0.25, 0.3) is 5.57 Å². The molecule has 0 bridgehead atoms. The highest BCUT2D eigenvalue weighted by atomic mass is 16.4. The third-order valence-corrected chi connectivity index (χ3v) is 4.76. The van der Waals surface area contributed by atoms with Gasteiger partial charge in [-0.05, 0) is 42.0 Å². The van der Waals surface area contributed by atoms with E-state index in [1.54, 1.807) is 12.4 Å². The largest absolute Gasteiger partial charge is 0.481 e. The van der Waals surface area contributed by atoms with Crippen molar-refractivity contribution in [3.8, 4) is 0 Å². The molecule has 0 aliphatic carbocycles. The fourth-order valence-corrected chi connectivity index (χ4v) is 3.41. The van der Waals surface area contributed by atoms with Crippen molar-refractivity contribution in [1.82, 2.24) is 9.88 Å². The Morgan fingerprint density at radius 3 is 2.33 bits per heavy atom. The average molecular weight is 366 g/mol. The van der Waals surface area contributed by atoms with Crippen molar-refractivity contribution in [2.45, 2.75) is 25.7 Å². The molecule has 27 heavy (non-hydrogen) atoms. The summed E-state index contributed by atoms with van der Waals surface area (Å²) < 4.78 is 0. The molecule has 0 atom stereocenters. The number of aromatic nitrogens is 1. The predicted molar refractivity (Wildman–Crippen MR) is 101 cm³/mol. The second-order valence-electron chi connectivity index (χ2n) is 6.59. The summed E-state index contributed by atoms with van der Waals surface area (Å²) in [4.78, 5) is 27.8. The van der Waals surface area contributed by atoms with E-state index in [2.05, 4.69) is 4.98 Å². The Balaban J connectivity index is 1.97. The quantitative estimate of drug-likeness (QED) is 0.842. The Labute approximate surface area is 157 Å². The van der Waals surface area contributed by atoms with Gasteiger partial charge in [0.1, 0.15) is 0 Å². The number of hydrogen-bond donors (Lipinski definition) is 2. The zero-order chi connectivity index (χ0) is 19.2. The Hall–Kier alpha value is -3.15. The van der Waals surface area contributed by atoms with Crippen LogP contribution in [0, 0.1) is 0 Å². The molecule has 0 radical (unpaired) electrons. The lowest BCUT2D eigenvalue weighted by atomic mass is 9.88. The SMILES string of the molecule is O=C(O)CCc1cncc(C(=C2CCN(C(=O)O)CC2)c2ccccc2)c1. The highest BCUT2D eigenvalue weighted by Crippen LogP contribution is 2.32. The van der Waals surface area contributed by atoms with Gasteiger partial charge in [-0.25, -0.2) is 4.79 Å². The number of carboxylic acids is 1. The predicted octanol–water partition coefficient (Wildman–Crippen LogP) is 3.67. The van der Waals surface area contributed by atoms with Crippen molar-refractivity contribution >= 4 is 17.6 Å². The van der Waals surface area contributed by atoms with Crippen LogP contribution < -0.4 is 0 Å². The molecule has 1 amide bonds. The minimum Gasteiger partial charge on any atom is -0.481 e. The first-order chi connectivity index (χ1) is 13.0. The Bertz CT molecular complexity index is 851. The number of carbonyl (C=O) groups is 2. The molecule has 1 fully saturated rings. The fraction of sp³-hybridized carbons (Fsp3) is 0.286. The smallest absolute Gasteiger partial charge is 0.407 e. The lowest BCUT2D eigenvalue weighted by Gasteiger charge is -2.28. The number of aryl methyl sites for hydroxylation is 1. The number of likely N-dealkylation sites (tertiary alicyclic amines) is 1. The summed E-state index contributed by atoms with van der Waals surface area (Å²) in [5.41, 5.74) is 5.17. The molecule has 1 aromatic carbocycles. The van der Waals surface area contributed by atoms with Crippen LogP contribution >= 0.6 is 0 Å². The van der Waals surface area contributed by atoms with Gasteiger partial charge in [0.2, 0.25) is 0 Å². The molecule has 0 saturated carbocycles. The number of aliphatic carboxylic acids is 1. The van der Waals surface area contributed by atoms with Crippen LogP contribution in [-0.4, -0.2) is 45.2 Å². The molecule has 0 spiro atoms. The molecular weight excluding hydrogens is 344 g/mol. The zero-order valence-corrected chi connectivity index (χ0v) is 15.0. The summed E-state index contributed by atoms with van der Waals surface area (Å²) in [6.07, 6.45) is 4.46. The second-order valence-corrected chi connectivity index (χ2v) is 6.59. The first-order valence-corrected chi connectivity index (χ1v) is 8.96. The molecule has 2 heterocycles. The van der Waals surface area contributed by atoms with Gasteiger partial charge in [-0.15, -0.1) is 0 Å². The molecule has 1 saturated heterocycles. The number of rotatable bonds is 5. The van der Waals surface area contributed by atoms with Crippen molar-refractivity contribution in [3.05, 3.63) is 71.1 Å².